The standard InChI is InChI=1S/3C9H13Si.C4H8O.Al/c3*1-10(2,3)9-7-5-4-6-8-9;1-2-4-5-3-1;/h3*5-8H,1-3H3;1-4H2;. The molecule has 1 aliphatic rings. The first-order chi connectivity index (χ1) is 16.8. The molecule has 0 bridgehead atoms. The van der Waals surface area contributed by atoms with E-state index < -0.39 is 38.4 Å². The lowest BCUT2D eigenvalue weighted by Crippen LogP contribution is -2.53. The van der Waals surface area contributed by atoms with Gasteiger partial charge >= 0.3 is 14.1 Å². The minimum Gasteiger partial charge on any atom is -0.381 e. The van der Waals surface area contributed by atoms with Gasteiger partial charge in [-0.15, -0.1) is 0 Å². The summed E-state index contributed by atoms with van der Waals surface area (Å²) < 4.78 is 9.54. The van der Waals surface area contributed by atoms with Crippen molar-refractivity contribution in [3.8, 4) is 0 Å². The molecule has 1 aliphatic heterocycles. The Labute approximate surface area is 228 Å². The molecule has 0 N–H and O–H groups in total. The lowest BCUT2D eigenvalue weighted by molar-refractivity contribution is 0.198. The van der Waals surface area contributed by atoms with E-state index >= 15 is 0 Å². The predicted octanol–water partition coefficient (Wildman–Crippen LogP) is 4.64. The Balaban J connectivity index is 0.000000642. The summed E-state index contributed by atoms with van der Waals surface area (Å²) in [6.45, 7) is 23.9. The van der Waals surface area contributed by atoms with Crippen LogP contribution in [0.15, 0.2) is 72.8 Å². The third kappa shape index (κ3) is 8.15. The molecule has 0 aromatic heterocycles. The van der Waals surface area contributed by atoms with Crippen LogP contribution in [0.25, 0.3) is 0 Å². The van der Waals surface area contributed by atoms with E-state index in [1.165, 1.54) is 26.1 Å². The molecule has 0 saturated carbocycles. The van der Waals surface area contributed by atoms with Gasteiger partial charge in [-0.25, -0.2) is 0 Å². The van der Waals surface area contributed by atoms with E-state index in [1.807, 2.05) is 0 Å². The first-order valence-corrected chi connectivity index (χ1v) is 25.9. The molecule has 1 fully saturated rings. The average molecular weight is 547 g/mol. The van der Waals surface area contributed by atoms with Crippen molar-refractivity contribution in [2.24, 2.45) is 0 Å². The summed E-state index contributed by atoms with van der Waals surface area (Å²) in [5.74, 6) is 0. The lowest BCUT2D eigenvalue weighted by atomic mass is 10.3. The molecular weight excluding hydrogens is 500 g/mol. The van der Waals surface area contributed by atoms with Crippen molar-refractivity contribution < 1.29 is 4.74 Å². The molecule has 0 radical (unpaired) electrons. The Kier molecular flexibility index (Phi) is 9.88. The molecule has 192 valence electrons. The Hall–Kier alpha value is -1.20. The van der Waals surface area contributed by atoms with Gasteiger partial charge in [0.25, 0.3) is 0 Å². The van der Waals surface area contributed by atoms with Crippen LogP contribution in [-0.2, 0) is 4.74 Å². The van der Waals surface area contributed by atoms with Crippen LogP contribution in [0.2, 0.25) is 58.9 Å². The first kappa shape index (κ1) is 29.4. The summed E-state index contributed by atoms with van der Waals surface area (Å²) >= 11 is -1.49. The van der Waals surface area contributed by atoms with Crippen LogP contribution < -0.4 is 28.8 Å². The van der Waals surface area contributed by atoms with E-state index in [0.717, 1.165) is 13.2 Å². The summed E-state index contributed by atoms with van der Waals surface area (Å²) in [5.41, 5.74) is 0. The van der Waals surface area contributed by atoms with Crippen LogP contribution in [0.5, 0.6) is 0 Å². The molecule has 0 spiro atoms. The fourth-order valence-electron chi connectivity index (χ4n) is 4.61. The zero-order valence-electron chi connectivity index (χ0n) is 24.2. The lowest BCUT2D eigenvalue weighted by Gasteiger charge is -2.22. The topological polar surface area (TPSA) is 9.23 Å². The van der Waals surface area contributed by atoms with Gasteiger partial charge in [-0.3, -0.25) is 0 Å². The summed E-state index contributed by atoms with van der Waals surface area (Å²) in [7, 11) is -3.85. The number of benzene rings is 3. The number of hydrogen-bond acceptors (Lipinski definition) is 1. The molecule has 1 heterocycles. The van der Waals surface area contributed by atoms with E-state index in [9.17, 15) is 0 Å². The molecule has 5 heteroatoms. The zero-order valence-corrected chi connectivity index (χ0v) is 28.4. The molecule has 1 nitrogen and oxygen atoms in total. The fraction of sp³-hybridized carbons (Fsp3) is 0.419. The van der Waals surface area contributed by atoms with Crippen molar-refractivity contribution >= 4 is 67.2 Å². The molecular formula is C31H47AlOSi3. The smallest absolute Gasteiger partial charge is 0.381 e. The Morgan fingerprint density at radius 3 is 0.861 bits per heavy atom. The van der Waals surface area contributed by atoms with Crippen LogP contribution in [0, 0.1) is 0 Å². The van der Waals surface area contributed by atoms with E-state index in [-0.39, 0.29) is 0 Å². The molecule has 0 amide bonds. The molecule has 3 aromatic rings. The van der Waals surface area contributed by atoms with Crippen molar-refractivity contribution in [2.75, 3.05) is 13.2 Å². The summed E-state index contributed by atoms with van der Waals surface area (Å²) in [6.07, 6.45) is 2.56. The molecule has 3 aromatic carbocycles. The first-order valence-electron chi connectivity index (χ1n) is 13.7. The predicted molar refractivity (Wildman–Crippen MR) is 173 cm³/mol. The zero-order chi connectivity index (χ0) is 26.6. The SMILES string of the molecule is C1CCOC1.C[Si](C)(C)c1cc[c]([Al]([c]2ccc([Si](C)(C)C)cc2)[c]2ccc([Si](C)(C)C)cc2)cc1. The highest BCUT2D eigenvalue weighted by Crippen LogP contribution is 2.05. The van der Waals surface area contributed by atoms with Crippen molar-refractivity contribution in [3.05, 3.63) is 72.8 Å². The second-order valence-corrected chi connectivity index (χ2v) is 31.5. The van der Waals surface area contributed by atoms with E-state index in [4.69, 9.17) is 4.74 Å². The quantitative estimate of drug-likeness (QED) is 0.410. The number of hydrogen-bond donors (Lipinski definition) is 0. The second kappa shape index (κ2) is 12.1. The Bertz CT molecular complexity index is 939. The summed E-state index contributed by atoms with van der Waals surface area (Å²) in [5, 5.41) is 4.64. The van der Waals surface area contributed by atoms with Crippen molar-refractivity contribution in [1.82, 2.24) is 0 Å². The van der Waals surface area contributed by atoms with Crippen molar-refractivity contribution in [1.29, 1.82) is 0 Å². The van der Waals surface area contributed by atoms with Gasteiger partial charge in [0.15, 0.2) is 0 Å². The van der Waals surface area contributed by atoms with Gasteiger partial charge < -0.3 is 4.74 Å². The number of ether oxygens (including phenoxy) is 1. The van der Waals surface area contributed by atoms with Crippen LogP contribution >= 0.6 is 0 Å². The van der Waals surface area contributed by atoms with Gasteiger partial charge in [-0.1, -0.05) is 161 Å². The molecule has 1 saturated heterocycles. The Morgan fingerprint density at radius 2 is 0.694 bits per heavy atom. The van der Waals surface area contributed by atoms with Crippen LogP contribution in [0.4, 0.5) is 0 Å². The van der Waals surface area contributed by atoms with Crippen LogP contribution in [-0.4, -0.2) is 51.6 Å². The minimum absolute atomic E-state index is 1.00. The normalized spacial score (nSPS) is 14.2. The average Bonchev–Trinajstić information content (AvgIpc) is 3.39. The van der Waals surface area contributed by atoms with Crippen molar-refractivity contribution in [2.45, 2.75) is 71.8 Å². The van der Waals surface area contributed by atoms with Crippen LogP contribution in [0.3, 0.4) is 0 Å². The van der Waals surface area contributed by atoms with E-state index in [0.29, 0.717) is 0 Å². The highest BCUT2D eigenvalue weighted by Gasteiger charge is 2.27. The Morgan fingerprint density at radius 1 is 0.444 bits per heavy atom. The fourth-order valence-corrected chi connectivity index (χ4v) is 11.0. The third-order valence-electron chi connectivity index (χ3n) is 7.16. The monoisotopic (exact) mass is 546 g/mol. The van der Waals surface area contributed by atoms with Gasteiger partial charge in [0, 0.05) is 13.2 Å². The van der Waals surface area contributed by atoms with Gasteiger partial charge in [0.1, 0.15) is 0 Å². The molecule has 4 rings (SSSR count). The van der Waals surface area contributed by atoms with Crippen molar-refractivity contribution in [3.63, 3.8) is 0 Å². The van der Waals surface area contributed by atoms with Gasteiger partial charge in [-0.05, 0) is 12.8 Å². The maximum Gasteiger partial charge on any atom is 0.383 e. The summed E-state index contributed by atoms with van der Waals surface area (Å²) in [6, 6.07) is 29.1. The molecule has 0 aliphatic carbocycles. The van der Waals surface area contributed by atoms with Gasteiger partial charge in [0.05, 0.1) is 24.2 Å². The maximum atomic E-state index is 4.94. The molecule has 0 unspecified atom stereocenters. The molecule has 36 heavy (non-hydrogen) atoms. The van der Waals surface area contributed by atoms with Gasteiger partial charge in [-0.2, -0.15) is 0 Å². The van der Waals surface area contributed by atoms with Crippen LogP contribution in [0.1, 0.15) is 12.8 Å². The number of rotatable bonds is 6. The van der Waals surface area contributed by atoms with E-state index in [2.05, 4.69) is 132 Å². The largest absolute Gasteiger partial charge is 0.383 e. The maximum absolute atomic E-state index is 4.94. The van der Waals surface area contributed by atoms with E-state index in [1.54, 1.807) is 15.6 Å². The second-order valence-electron chi connectivity index (χ2n) is 13.4. The molecule has 0 atom stereocenters. The highest BCUT2D eigenvalue weighted by atomic mass is 28.3. The summed E-state index contributed by atoms with van der Waals surface area (Å²) in [4.78, 5) is 0. The van der Waals surface area contributed by atoms with Gasteiger partial charge in [0.2, 0.25) is 0 Å². The minimum atomic E-state index is -1.49. The third-order valence-corrected chi connectivity index (χ3v) is 16.5. The highest BCUT2D eigenvalue weighted by molar-refractivity contribution is 6.96.